The second-order valence-corrected chi connectivity index (χ2v) is 5.74. The van der Waals surface area contributed by atoms with Crippen LogP contribution in [0.3, 0.4) is 0 Å². The van der Waals surface area contributed by atoms with Crippen molar-refractivity contribution >= 4 is 5.97 Å². The Hall–Kier alpha value is -2.23. The fourth-order valence-corrected chi connectivity index (χ4v) is 2.02. The van der Waals surface area contributed by atoms with Gasteiger partial charge in [0, 0.05) is 0 Å². The van der Waals surface area contributed by atoms with Crippen LogP contribution < -0.4 is 4.74 Å². The van der Waals surface area contributed by atoms with Crippen molar-refractivity contribution in [1.29, 1.82) is 0 Å². The van der Waals surface area contributed by atoms with E-state index >= 15 is 0 Å². The maximum Gasteiger partial charge on any atom is 0.310 e. The average molecular weight is 318 g/mol. The van der Waals surface area contributed by atoms with Crippen molar-refractivity contribution in [2.45, 2.75) is 40.0 Å². The van der Waals surface area contributed by atoms with Gasteiger partial charge >= 0.3 is 5.97 Å². The number of phenols is 1. The lowest BCUT2D eigenvalue weighted by Crippen LogP contribution is -2.08. The summed E-state index contributed by atoms with van der Waals surface area (Å²) in [6.07, 6.45) is 6.26. The van der Waals surface area contributed by atoms with Crippen LogP contribution in [-0.2, 0) is 16.0 Å². The first kappa shape index (κ1) is 18.8. The second kappa shape index (κ2) is 9.72. The van der Waals surface area contributed by atoms with Gasteiger partial charge in [-0.3, -0.25) is 4.79 Å². The molecule has 0 heterocycles. The Balaban J connectivity index is 2.41. The fraction of sp³-hybridized carbons (Fsp3) is 0.421. The zero-order valence-corrected chi connectivity index (χ0v) is 14.4. The van der Waals surface area contributed by atoms with Crippen LogP contribution in [0, 0.1) is 0 Å². The summed E-state index contributed by atoms with van der Waals surface area (Å²) in [6.45, 7) is 6.49. The predicted molar refractivity (Wildman–Crippen MR) is 91.7 cm³/mol. The molecule has 0 aliphatic carbocycles. The van der Waals surface area contributed by atoms with Crippen molar-refractivity contribution in [3.8, 4) is 11.5 Å². The molecule has 0 saturated heterocycles. The van der Waals surface area contributed by atoms with Crippen LogP contribution in [0.5, 0.6) is 11.5 Å². The highest BCUT2D eigenvalue weighted by Crippen LogP contribution is 2.26. The Morgan fingerprint density at radius 3 is 2.61 bits per heavy atom. The quantitative estimate of drug-likeness (QED) is 0.577. The largest absolute Gasteiger partial charge is 0.504 e. The third-order valence-electron chi connectivity index (χ3n) is 3.36. The molecule has 1 aromatic carbocycles. The van der Waals surface area contributed by atoms with Crippen molar-refractivity contribution in [2.24, 2.45) is 0 Å². The minimum absolute atomic E-state index is 0.0551. The first-order valence-corrected chi connectivity index (χ1v) is 7.73. The van der Waals surface area contributed by atoms with Crippen LogP contribution in [0.1, 0.15) is 39.2 Å². The zero-order chi connectivity index (χ0) is 17.2. The standard InChI is InChI=1S/C19H26O4/c1-14(2)6-5-7-15(3)10-11-23-19(21)13-16-8-9-17(20)18(12-16)22-4/h6,8-10,12,20H,5,7,11,13H2,1-4H3. The molecule has 0 aliphatic heterocycles. The van der Waals surface area contributed by atoms with Crippen molar-refractivity contribution < 1.29 is 19.4 Å². The fourth-order valence-electron chi connectivity index (χ4n) is 2.02. The molecule has 0 spiro atoms. The van der Waals surface area contributed by atoms with Gasteiger partial charge in [-0.25, -0.2) is 0 Å². The van der Waals surface area contributed by atoms with Gasteiger partial charge in [-0.2, -0.15) is 0 Å². The van der Waals surface area contributed by atoms with Crippen LogP contribution in [0.2, 0.25) is 0 Å². The molecule has 1 rings (SSSR count). The van der Waals surface area contributed by atoms with E-state index in [4.69, 9.17) is 9.47 Å². The molecular formula is C19H26O4. The van der Waals surface area contributed by atoms with Crippen LogP contribution in [0.25, 0.3) is 0 Å². The van der Waals surface area contributed by atoms with E-state index in [1.807, 2.05) is 13.0 Å². The number of benzene rings is 1. The van der Waals surface area contributed by atoms with E-state index in [9.17, 15) is 9.90 Å². The number of carbonyl (C=O) groups excluding carboxylic acids is 1. The number of ether oxygens (including phenoxy) is 2. The molecule has 0 fully saturated rings. The summed E-state index contributed by atoms with van der Waals surface area (Å²) in [4.78, 5) is 11.8. The Kier molecular flexibility index (Phi) is 7.95. The molecule has 4 heteroatoms. The molecule has 0 unspecified atom stereocenters. The van der Waals surface area contributed by atoms with E-state index in [0.29, 0.717) is 5.75 Å². The molecular weight excluding hydrogens is 292 g/mol. The van der Waals surface area contributed by atoms with Crippen LogP contribution >= 0.6 is 0 Å². The number of hydrogen-bond acceptors (Lipinski definition) is 4. The van der Waals surface area contributed by atoms with Crippen molar-refractivity contribution in [3.05, 3.63) is 47.1 Å². The molecule has 0 bridgehead atoms. The maximum atomic E-state index is 11.8. The molecule has 1 aromatic rings. The number of allylic oxidation sites excluding steroid dienone is 3. The summed E-state index contributed by atoms with van der Waals surface area (Å²) >= 11 is 0. The van der Waals surface area contributed by atoms with Gasteiger partial charge in [-0.1, -0.05) is 23.3 Å². The second-order valence-electron chi connectivity index (χ2n) is 5.74. The first-order valence-electron chi connectivity index (χ1n) is 7.73. The SMILES string of the molecule is COc1cc(CC(=O)OCC=C(C)CCC=C(C)C)ccc1O. The highest BCUT2D eigenvalue weighted by atomic mass is 16.5. The van der Waals surface area contributed by atoms with Crippen molar-refractivity contribution in [1.82, 2.24) is 0 Å². The van der Waals surface area contributed by atoms with Crippen LogP contribution in [0.15, 0.2) is 41.5 Å². The van der Waals surface area contributed by atoms with Gasteiger partial charge in [0.15, 0.2) is 11.5 Å². The van der Waals surface area contributed by atoms with E-state index in [1.54, 1.807) is 12.1 Å². The third-order valence-corrected chi connectivity index (χ3v) is 3.36. The molecule has 0 radical (unpaired) electrons. The Bertz CT molecular complexity index is 581. The zero-order valence-electron chi connectivity index (χ0n) is 14.4. The van der Waals surface area contributed by atoms with E-state index in [-0.39, 0.29) is 24.7 Å². The minimum atomic E-state index is -0.300. The smallest absolute Gasteiger partial charge is 0.310 e. The summed E-state index contributed by atoms with van der Waals surface area (Å²) in [7, 11) is 1.47. The highest BCUT2D eigenvalue weighted by Gasteiger charge is 2.08. The third kappa shape index (κ3) is 7.54. The number of hydrogen-bond donors (Lipinski definition) is 1. The number of aromatic hydroxyl groups is 1. The van der Waals surface area contributed by atoms with Crippen LogP contribution in [0.4, 0.5) is 0 Å². The monoisotopic (exact) mass is 318 g/mol. The van der Waals surface area contributed by atoms with Crippen molar-refractivity contribution in [3.63, 3.8) is 0 Å². The average Bonchev–Trinajstić information content (AvgIpc) is 2.48. The molecule has 23 heavy (non-hydrogen) atoms. The number of phenolic OH excluding ortho intramolecular Hbond substituents is 1. The molecule has 0 aromatic heterocycles. The van der Waals surface area contributed by atoms with E-state index in [1.165, 1.54) is 24.3 Å². The topological polar surface area (TPSA) is 55.8 Å². The first-order chi connectivity index (χ1) is 10.9. The van der Waals surface area contributed by atoms with Gasteiger partial charge < -0.3 is 14.6 Å². The number of methoxy groups -OCH3 is 1. The van der Waals surface area contributed by atoms with E-state index < -0.39 is 0 Å². The number of carbonyl (C=O) groups is 1. The molecule has 0 saturated carbocycles. The summed E-state index contributed by atoms with van der Waals surface area (Å²) in [5.74, 6) is 0.107. The molecule has 1 N–H and O–H groups in total. The van der Waals surface area contributed by atoms with Gasteiger partial charge in [0.05, 0.1) is 13.5 Å². The van der Waals surface area contributed by atoms with Gasteiger partial charge in [-0.05, 0) is 57.4 Å². The summed E-state index contributed by atoms with van der Waals surface area (Å²) in [5.41, 5.74) is 3.27. The minimum Gasteiger partial charge on any atom is -0.504 e. The van der Waals surface area contributed by atoms with Gasteiger partial charge in [-0.15, -0.1) is 0 Å². The summed E-state index contributed by atoms with van der Waals surface area (Å²) in [5, 5.41) is 9.52. The Labute approximate surface area is 138 Å². The Morgan fingerprint density at radius 1 is 1.22 bits per heavy atom. The van der Waals surface area contributed by atoms with Gasteiger partial charge in [0.1, 0.15) is 6.61 Å². The molecule has 0 aliphatic rings. The molecule has 0 amide bonds. The molecule has 4 nitrogen and oxygen atoms in total. The predicted octanol–water partition coefficient (Wildman–Crippen LogP) is 4.18. The van der Waals surface area contributed by atoms with Crippen LogP contribution in [-0.4, -0.2) is 24.8 Å². The summed E-state index contributed by atoms with van der Waals surface area (Å²) in [6, 6.07) is 4.82. The molecule has 0 atom stereocenters. The normalized spacial score (nSPS) is 11.0. The lowest BCUT2D eigenvalue weighted by Gasteiger charge is -2.07. The van der Waals surface area contributed by atoms with E-state index in [0.717, 1.165) is 18.4 Å². The van der Waals surface area contributed by atoms with Gasteiger partial charge in [0.25, 0.3) is 0 Å². The summed E-state index contributed by atoms with van der Waals surface area (Å²) < 4.78 is 10.2. The number of esters is 1. The highest BCUT2D eigenvalue weighted by molar-refractivity contribution is 5.73. The Morgan fingerprint density at radius 2 is 1.96 bits per heavy atom. The lowest BCUT2D eigenvalue weighted by molar-refractivity contribution is -0.141. The maximum absolute atomic E-state index is 11.8. The lowest BCUT2D eigenvalue weighted by atomic mass is 10.1. The van der Waals surface area contributed by atoms with E-state index in [2.05, 4.69) is 19.9 Å². The van der Waals surface area contributed by atoms with Crippen molar-refractivity contribution in [2.75, 3.05) is 13.7 Å². The van der Waals surface area contributed by atoms with Gasteiger partial charge in [0.2, 0.25) is 0 Å². The molecule has 126 valence electrons. The number of rotatable bonds is 8.